The van der Waals surface area contributed by atoms with Crippen molar-refractivity contribution in [1.82, 2.24) is 10.2 Å². The van der Waals surface area contributed by atoms with Crippen LogP contribution in [0.1, 0.15) is 31.7 Å². The minimum absolute atomic E-state index is 0.0664. The highest BCUT2D eigenvalue weighted by atomic mass is 32.2. The third kappa shape index (κ3) is 5.50. The van der Waals surface area contributed by atoms with E-state index in [2.05, 4.69) is 17.1 Å². The van der Waals surface area contributed by atoms with Crippen LogP contribution >= 0.6 is 0 Å². The number of nitrogens with one attached hydrogen (secondary N) is 1. The van der Waals surface area contributed by atoms with Crippen molar-refractivity contribution in [3.8, 4) is 5.75 Å². The molecule has 33 heavy (non-hydrogen) atoms. The van der Waals surface area contributed by atoms with Gasteiger partial charge in [-0.05, 0) is 76.0 Å². The fraction of sp³-hybridized carbons (Fsp3) is 0.480. The fourth-order valence-electron chi connectivity index (χ4n) is 4.32. The van der Waals surface area contributed by atoms with Gasteiger partial charge >= 0.3 is 0 Å². The molecule has 2 aromatic rings. The molecule has 7 nitrogen and oxygen atoms in total. The molecule has 2 heterocycles. The topological polar surface area (TPSA) is 79.0 Å². The van der Waals surface area contributed by atoms with Crippen molar-refractivity contribution in [1.29, 1.82) is 0 Å². The average Bonchev–Trinajstić information content (AvgIpc) is 2.82. The molecule has 8 heteroatoms. The molecule has 1 amide bonds. The first-order valence-electron chi connectivity index (χ1n) is 11.7. The maximum Gasteiger partial charge on any atom is 0.264 e. The van der Waals surface area contributed by atoms with Gasteiger partial charge in [0, 0.05) is 6.54 Å². The normalized spacial score (nSPS) is 19.6. The van der Waals surface area contributed by atoms with Gasteiger partial charge < -0.3 is 15.0 Å². The van der Waals surface area contributed by atoms with Gasteiger partial charge in [-0.3, -0.25) is 9.10 Å². The first kappa shape index (κ1) is 23.6. The van der Waals surface area contributed by atoms with E-state index in [1.807, 2.05) is 6.92 Å². The Balaban J connectivity index is 1.41. The van der Waals surface area contributed by atoms with Gasteiger partial charge in [0.15, 0.2) is 6.10 Å². The lowest BCUT2D eigenvalue weighted by Crippen LogP contribution is -2.51. The number of benzene rings is 2. The average molecular weight is 472 g/mol. The zero-order valence-corrected chi connectivity index (χ0v) is 20.2. The molecule has 0 spiro atoms. The van der Waals surface area contributed by atoms with E-state index >= 15 is 0 Å². The van der Waals surface area contributed by atoms with E-state index in [1.54, 1.807) is 48.5 Å². The predicted octanol–water partition coefficient (Wildman–Crippen LogP) is 3.19. The molecule has 0 aliphatic carbocycles. The van der Waals surface area contributed by atoms with Crippen molar-refractivity contribution in [2.24, 2.45) is 5.92 Å². The van der Waals surface area contributed by atoms with Crippen molar-refractivity contribution in [3.63, 3.8) is 0 Å². The van der Waals surface area contributed by atoms with E-state index in [0.717, 1.165) is 37.5 Å². The second kappa shape index (κ2) is 10.1. The number of carbonyl (C=O) groups excluding carboxylic acids is 1. The maximum atomic E-state index is 13.4. The molecule has 178 valence electrons. The van der Waals surface area contributed by atoms with E-state index < -0.39 is 16.1 Å². The molecule has 2 aliphatic heterocycles. The number of aryl methyl sites for hydroxylation is 1. The van der Waals surface area contributed by atoms with Crippen LogP contribution in [-0.4, -0.2) is 58.1 Å². The smallest absolute Gasteiger partial charge is 0.264 e. The third-order valence-electron chi connectivity index (χ3n) is 6.46. The Hall–Kier alpha value is -2.58. The molecule has 4 rings (SSSR count). The SMILES string of the molecule is Cc1ccc(S(=O)(=O)N2CC(C(=O)NCCCN3CCC(C)CC3)Oc3ccccc32)cc1. The lowest BCUT2D eigenvalue weighted by molar-refractivity contribution is -0.127. The molecule has 2 aliphatic rings. The first-order chi connectivity index (χ1) is 15.8. The highest BCUT2D eigenvalue weighted by Crippen LogP contribution is 2.36. The number of piperidine rings is 1. The number of amides is 1. The van der Waals surface area contributed by atoms with Crippen molar-refractivity contribution >= 4 is 21.6 Å². The summed E-state index contributed by atoms with van der Waals surface area (Å²) in [7, 11) is -3.84. The number of sulfonamides is 1. The Morgan fingerprint density at radius 1 is 1.09 bits per heavy atom. The number of likely N-dealkylation sites (tertiary alicyclic amines) is 1. The number of fused-ring (bicyclic) bond motifs is 1. The Bertz CT molecular complexity index is 1060. The van der Waals surface area contributed by atoms with E-state index in [9.17, 15) is 13.2 Å². The molecule has 1 N–H and O–H groups in total. The van der Waals surface area contributed by atoms with Crippen LogP contribution in [0.15, 0.2) is 53.4 Å². The molecule has 1 atom stereocenters. The molecule has 0 radical (unpaired) electrons. The molecule has 0 saturated carbocycles. The highest BCUT2D eigenvalue weighted by Gasteiger charge is 2.37. The Morgan fingerprint density at radius 2 is 1.79 bits per heavy atom. The number of carbonyl (C=O) groups is 1. The predicted molar refractivity (Wildman–Crippen MR) is 129 cm³/mol. The summed E-state index contributed by atoms with van der Waals surface area (Å²) in [5.74, 6) is 0.898. The zero-order valence-electron chi connectivity index (χ0n) is 19.4. The van der Waals surface area contributed by atoms with Gasteiger partial charge in [0.25, 0.3) is 15.9 Å². The molecule has 2 aromatic carbocycles. The third-order valence-corrected chi connectivity index (χ3v) is 8.26. The number of para-hydroxylation sites is 2. The van der Waals surface area contributed by atoms with Gasteiger partial charge in [-0.15, -0.1) is 0 Å². The molecular weight excluding hydrogens is 438 g/mol. The van der Waals surface area contributed by atoms with E-state index in [4.69, 9.17) is 4.74 Å². The summed E-state index contributed by atoms with van der Waals surface area (Å²) < 4.78 is 34.0. The molecular formula is C25H33N3O4S. The molecule has 1 unspecified atom stereocenters. The minimum Gasteiger partial charge on any atom is -0.476 e. The van der Waals surface area contributed by atoms with Crippen LogP contribution in [0.3, 0.4) is 0 Å². The van der Waals surface area contributed by atoms with Crippen LogP contribution in [-0.2, 0) is 14.8 Å². The Kier molecular flexibility index (Phi) is 7.24. The van der Waals surface area contributed by atoms with Gasteiger partial charge in [-0.25, -0.2) is 8.42 Å². The second-order valence-corrected chi connectivity index (χ2v) is 11.0. The van der Waals surface area contributed by atoms with E-state index in [1.165, 1.54) is 17.1 Å². The summed E-state index contributed by atoms with van der Waals surface area (Å²) in [6.07, 6.45) is 2.41. The summed E-state index contributed by atoms with van der Waals surface area (Å²) in [5.41, 5.74) is 1.43. The monoisotopic (exact) mass is 471 g/mol. The number of ether oxygens (including phenoxy) is 1. The standard InChI is InChI=1S/C25H33N3O4S/c1-19-8-10-21(11-9-19)33(30,31)28-18-24(32-23-7-4-3-6-22(23)28)25(29)26-14-5-15-27-16-12-20(2)13-17-27/h3-4,6-11,20,24H,5,12-18H2,1-2H3,(H,26,29). The van der Waals surface area contributed by atoms with Gasteiger partial charge in [0.2, 0.25) is 0 Å². The second-order valence-electron chi connectivity index (χ2n) is 9.09. The van der Waals surface area contributed by atoms with Crippen LogP contribution < -0.4 is 14.4 Å². The lowest BCUT2D eigenvalue weighted by Gasteiger charge is -2.34. The molecule has 1 fully saturated rings. The quantitative estimate of drug-likeness (QED) is 0.628. The lowest BCUT2D eigenvalue weighted by atomic mass is 9.99. The highest BCUT2D eigenvalue weighted by molar-refractivity contribution is 7.92. The number of rotatable bonds is 7. The number of hydrogen-bond donors (Lipinski definition) is 1. The van der Waals surface area contributed by atoms with Gasteiger partial charge in [0.05, 0.1) is 17.1 Å². The molecule has 0 bridgehead atoms. The van der Waals surface area contributed by atoms with Crippen molar-refractivity contribution in [3.05, 3.63) is 54.1 Å². The van der Waals surface area contributed by atoms with Crippen molar-refractivity contribution < 1.29 is 17.9 Å². The molecule has 1 saturated heterocycles. The summed E-state index contributed by atoms with van der Waals surface area (Å²) in [6, 6.07) is 13.7. The van der Waals surface area contributed by atoms with Crippen molar-refractivity contribution in [2.45, 2.75) is 44.1 Å². The van der Waals surface area contributed by atoms with Crippen LogP contribution in [0.5, 0.6) is 5.75 Å². The van der Waals surface area contributed by atoms with Crippen LogP contribution in [0, 0.1) is 12.8 Å². The summed E-state index contributed by atoms with van der Waals surface area (Å²) in [4.78, 5) is 15.5. The Morgan fingerprint density at radius 3 is 2.52 bits per heavy atom. The summed E-state index contributed by atoms with van der Waals surface area (Å²) in [5, 5.41) is 2.94. The van der Waals surface area contributed by atoms with Crippen LogP contribution in [0.25, 0.3) is 0 Å². The molecule has 0 aromatic heterocycles. The van der Waals surface area contributed by atoms with Gasteiger partial charge in [-0.1, -0.05) is 36.8 Å². The van der Waals surface area contributed by atoms with Crippen LogP contribution in [0.2, 0.25) is 0 Å². The summed E-state index contributed by atoms with van der Waals surface area (Å²) in [6.45, 7) is 7.86. The number of hydrogen-bond acceptors (Lipinski definition) is 5. The number of anilines is 1. The maximum absolute atomic E-state index is 13.4. The van der Waals surface area contributed by atoms with Gasteiger partial charge in [-0.2, -0.15) is 0 Å². The van der Waals surface area contributed by atoms with Crippen LogP contribution in [0.4, 0.5) is 5.69 Å². The van der Waals surface area contributed by atoms with E-state index in [-0.39, 0.29) is 17.3 Å². The van der Waals surface area contributed by atoms with Crippen molar-refractivity contribution in [2.75, 3.05) is 37.0 Å². The largest absolute Gasteiger partial charge is 0.476 e. The van der Waals surface area contributed by atoms with Gasteiger partial charge in [0.1, 0.15) is 5.75 Å². The first-order valence-corrected chi connectivity index (χ1v) is 13.1. The number of nitrogens with zero attached hydrogens (tertiary/aromatic N) is 2. The Labute approximate surface area is 196 Å². The van der Waals surface area contributed by atoms with E-state index in [0.29, 0.717) is 18.0 Å². The summed E-state index contributed by atoms with van der Waals surface area (Å²) >= 11 is 0. The minimum atomic E-state index is -3.84. The fourth-order valence-corrected chi connectivity index (χ4v) is 5.79. The zero-order chi connectivity index (χ0) is 23.4.